The molecule has 1 saturated carbocycles. The van der Waals surface area contributed by atoms with Crippen LogP contribution in [0.25, 0.3) is 0 Å². The summed E-state index contributed by atoms with van der Waals surface area (Å²) >= 11 is 2.08. The first-order chi connectivity index (χ1) is 6.42. The molecule has 0 aromatic rings. The molecule has 1 unspecified atom stereocenters. The van der Waals surface area contributed by atoms with Crippen molar-refractivity contribution in [2.24, 2.45) is 17.8 Å². The highest BCUT2D eigenvalue weighted by Crippen LogP contribution is 2.42. The van der Waals surface area contributed by atoms with Crippen LogP contribution in [-0.2, 0) is 0 Å². The lowest BCUT2D eigenvalue weighted by Gasteiger charge is -2.36. The molecule has 1 nitrogen and oxygen atoms in total. The van der Waals surface area contributed by atoms with Crippen molar-refractivity contribution in [3.05, 3.63) is 0 Å². The van der Waals surface area contributed by atoms with Gasteiger partial charge in [0.1, 0.15) is 0 Å². The number of aliphatic hydroxyl groups is 1. The zero-order chi connectivity index (χ0) is 9.10. The topological polar surface area (TPSA) is 20.2 Å². The third-order valence-electron chi connectivity index (χ3n) is 3.74. The van der Waals surface area contributed by atoms with Crippen LogP contribution < -0.4 is 0 Å². The minimum absolute atomic E-state index is 0.405. The maximum absolute atomic E-state index is 9.06. The van der Waals surface area contributed by atoms with E-state index < -0.39 is 0 Å². The summed E-state index contributed by atoms with van der Waals surface area (Å²) in [6.07, 6.45) is 6.81. The predicted molar refractivity (Wildman–Crippen MR) is 58.0 cm³/mol. The van der Waals surface area contributed by atoms with Crippen LogP contribution in [0.2, 0.25) is 0 Å². The smallest absolute Gasteiger partial charge is 0.0433 e. The molecule has 0 amide bonds. The quantitative estimate of drug-likeness (QED) is 0.752. The Balaban J connectivity index is 1.86. The summed E-state index contributed by atoms with van der Waals surface area (Å²) in [5, 5.41) is 9.06. The third-order valence-corrected chi connectivity index (χ3v) is 5.06. The fourth-order valence-electron chi connectivity index (χ4n) is 2.89. The summed E-state index contributed by atoms with van der Waals surface area (Å²) in [5.74, 6) is 5.48. The van der Waals surface area contributed by atoms with Gasteiger partial charge < -0.3 is 5.11 Å². The van der Waals surface area contributed by atoms with E-state index in [4.69, 9.17) is 5.11 Å². The first-order valence-electron chi connectivity index (χ1n) is 5.60. The summed E-state index contributed by atoms with van der Waals surface area (Å²) in [6.45, 7) is 0.405. The lowest BCUT2D eigenvalue weighted by Crippen LogP contribution is -2.32. The Morgan fingerprint density at radius 2 is 1.85 bits per heavy atom. The number of rotatable bonds is 4. The maximum Gasteiger partial charge on any atom is 0.0433 e. The number of hydrogen-bond acceptors (Lipinski definition) is 2. The summed E-state index contributed by atoms with van der Waals surface area (Å²) in [4.78, 5) is 0. The Labute approximate surface area is 85.3 Å². The lowest BCUT2D eigenvalue weighted by molar-refractivity contribution is 0.180. The van der Waals surface area contributed by atoms with E-state index in [2.05, 4.69) is 11.8 Å². The van der Waals surface area contributed by atoms with Gasteiger partial charge in [0.15, 0.2) is 0 Å². The Hall–Kier alpha value is 0.310. The fraction of sp³-hybridized carbons (Fsp3) is 1.00. The van der Waals surface area contributed by atoms with E-state index in [1.807, 2.05) is 0 Å². The van der Waals surface area contributed by atoms with Crippen LogP contribution in [0.3, 0.4) is 0 Å². The van der Waals surface area contributed by atoms with Crippen LogP contribution in [0.1, 0.15) is 32.1 Å². The molecule has 13 heavy (non-hydrogen) atoms. The van der Waals surface area contributed by atoms with Crippen LogP contribution in [-0.4, -0.2) is 23.2 Å². The van der Waals surface area contributed by atoms with Crippen molar-refractivity contribution in [3.8, 4) is 0 Å². The van der Waals surface area contributed by atoms with E-state index in [1.54, 1.807) is 0 Å². The van der Waals surface area contributed by atoms with E-state index >= 15 is 0 Å². The van der Waals surface area contributed by atoms with Crippen molar-refractivity contribution in [1.82, 2.24) is 0 Å². The van der Waals surface area contributed by atoms with E-state index in [0.717, 1.165) is 24.2 Å². The Bertz CT molecular complexity index is 150. The summed E-state index contributed by atoms with van der Waals surface area (Å²) in [7, 11) is 0. The monoisotopic (exact) mass is 200 g/mol. The summed E-state index contributed by atoms with van der Waals surface area (Å²) < 4.78 is 0. The molecule has 2 heteroatoms. The first-order valence-corrected chi connectivity index (χ1v) is 6.76. The van der Waals surface area contributed by atoms with Crippen LogP contribution >= 0.6 is 11.8 Å². The van der Waals surface area contributed by atoms with Gasteiger partial charge in [-0.1, -0.05) is 25.7 Å². The van der Waals surface area contributed by atoms with E-state index in [0.29, 0.717) is 6.61 Å². The average molecular weight is 200 g/mol. The summed E-state index contributed by atoms with van der Waals surface area (Å²) in [5.41, 5.74) is 0. The van der Waals surface area contributed by atoms with Crippen molar-refractivity contribution >= 4 is 11.8 Å². The van der Waals surface area contributed by atoms with Crippen LogP contribution in [0.15, 0.2) is 0 Å². The van der Waals surface area contributed by atoms with E-state index in [1.165, 1.54) is 37.2 Å². The Kier molecular flexibility index (Phi) is 3.56. The second-order valence-electron chi connectivity index (χ2n) is 4.52. The van der Waals surface area contributed by atoms with Gasteiger partial charge in [-0.2, -0.15) is 11.8 Å². The first kappa shape index (κ1) is 9.85. The second kappa shape index (κ2) is 4.70. The minimum atomic E-state index is 0.405. The van der Waals surface area contributed by atoms with Gasteiger partial charge in [0.2, 0.25) is 0 Å². The number of thioether (sulfide) groups is 1. The van der Waals surface area contributed by atoms with Gasteiger partial charge in [-0.15, -0.1) is 0 Å². The molecule has 0 bridgehead atoms. The minimum Gasteiger partial charge on any atom is -0.396 e. The van der Waals surface area contributed by atoms with Crippen molar-refractivity contribution in [3.63, 3.8) is 0 Å². The molecular formula is C11H20OS. The predicted octanol–water partition coefficient (Wildman–Crippen LogP) is 2.54. The fourth-order valence-corrected chi connectivity index (χ4v) is 3.89. The standard InChI is InChI=1S/C11H20OS/c12-6-5-11(10-7-13-8-10)9-3-1-2-4-9/h9-12H,1-8H2. The van der Waals surface area contributed by atoms with Crippen molar-refractivity contribution in [1.29, 1.82) is 0 Å². The SMILES string of the molecule is OCCC(C1CCCC1)C1CSC1. The zero-order valence-corrected chi connectivity index (χ0v) is 9.06. The molecule has 1 atom stereocenters. The van der Waals surface area contributed by atoms with Gasteiger partial charge in [0, 0.05) is 6.61 Å². The molecule has 2 aliphatic rings. The molecule has 1 N–H and O–H groups in total. The Morgan fingerprint density at radius 3 is 2.31 bits per heavy atom. The highest BCUT2D eigenvalue weighted by atomic mass is 32.2. The molecule has 1 aliphatic heterocycles. The highest BCUT2D eigenvalue weighted by molar-refractivity contribution is 8.00. The number of aliphatic hydroxyl groups excluding tert-OH is 1. The van der Waals surface area contributed by atoms with Crippen molar-refractivity contribution in [2.75, 3.05) is 18.1 Å². The van der Waals surface area contributed by atoms with E-state index in [-0.39, 0.29) is 0 Å². The molecule has 1 saturated heterocycles. The molecule has 0 radical (unpaired) electrons. The van der Waals surface area contributed by atoms with Gasteiger partial charge in [-0.3, -0.25) is 0 Å². The molecule has 76 valence electrons. The molecule has 1 heterocycles. The molecule has 0 spiro atoms. The molecule has 0 aromatic carbocycles. The molecule has 1 aliphatic carbocycles. The van der Waals surface area contributed by atoms with Crippen LogP contribution in [0, 0.1) is 17.8 Å². The maximum atomic E-state index is 9.06. The number of hydrogen-bond donors (Lipinski definition) is 1. The Morgan fingerprint density at radius 1 is 1.15 bits per heavy atom. The molecular weight excluding hydrogens is 180 g/mol. The summed E-state index contributed by atoms with van der Waals surface area (Å²) in [6, 6.07) is 0. The highest BCUT2D eigenvalue weighted by Gasteiger charge is 2.34. The molecule has 2 rings (SSSR count). The molecule has 0 aromatic heterocycles. The molecule has 2 fully saturated rings. The van der Waals surface area contributed by atoms with Gasteiger partial charge in [-0.05, 0) is 35.7 Å². The van der Waals surface area contributed by atoms with Crippen molar-refractivity contribution < 1.29 is 5.11 Å². The van der Waals surface area contributed by atoms with E-state index in [9.17, 15) is 0 Å². The third kappa shape index (κ3) is 2.21. The van der Waals surface area contributed by atoms with Crippen LogP contribution in [0.5, 0.6) is 0 Å². The van der Waals surface area contributed by atoms with Gasteiger partial charge in [0.05, 0.1) is 0 Å². The van der Waals surface area contributed by atoms with Gasteiger partial charge in [-0.25, -0.2) is 0 Å². The average Bonchev–Trinajstić information content (AvgIpc) is 2.51. The largest absolute Gasteiger partial charge is 0.396 e. The lowest BCUT2D eigenvalue weighted by atomic mass is 9.80. The second-order valence-corrected chi connectivity index (χ2v) is 5.59. The van der Waals surface area contributed by atoms with Gasteiger partial charge in [0.25, 0.3) is 0 Å². The normalized spacial score (nSPS) is 27.5. The van der Waals surface area contributed by atoms with Crippen molar-refractivity contribution in [2.45, 2.75) is 32.1 Å². The van der Waals surface area contributed by atoms with Crippen LogP contribution in [0.4, 0.5) is 0 Å². The van der Waals surface area contributed by atoms with Gasteiger partial charge >= 0.3 is 0 Å². The zero-order valence-electron chi connectivity index (χ0n) is 8.24.